The Morgan fingerprint density at radius 2 is 2.00 bits per heavy atom. The first-order valence-electron chi connectivity index (χ1n) is 8.08. The lowest BCUT2D eigenvalue weighted by Gasteiger charge is -2.13. The smallest absolute Gasteiger partial charge is 0.293 e. The zero-order chi connectivity index (χ0) is 20.4. The number of imide groups is 1. The fraction of sp³-hybridized carbons (Fsp3) is 0.167. The first-order valence-corrected chi connectivity index (χ1v) is 9.65. The number of carbonyl (C=O) groups excluding carboxylic acids is 3. The first kappa shape index (κ1) is 20.4. The molecule has 2 aromatic rings. The van der Waals surface area contributed by atoms with Crippen molar-refractivity contribution in [3.63, 3.8) is 0 Å². The molecular formula is C18H14Cl2FN3O3S. The van der Waals surface area contributed by atoms with Crippen LogP contribution in [0.5, 0.6) is 0 Å². The van der Waals surface area contributed by atoms with Crippen molar-refractivity contribution in [1.29, 1.82) is 0 Å². The van der Waals surface area contributed by atoms with Crippen LogP contribution in [0.3, 0.4) is 0 Å². The molecule has 1 aromatic carbocycles. The lowest BCUT2D eigenvalue weighted by atomic mass is 10.2. The molecule has 1 N–H and O–H groups in total. The third-order valence-corrected chi connectivity index (χ3v) is 5.78. The van der Waals surface area contributed by atoms with Crippen LogP contribution in [0.15, 0.2) is 35.2 Å². The fourth-order valence-corrected chi connectivity index (χ4v) is 3.79. The van der Waals surface area contributed by atoms with Crippen LogP contribution in [0.1, 0.15) is 16.1 Å². The van der Waals surface area contributed by atoms with E-state index in [0.717, 1.165) is 16.7 Å². The molecule has 0 spiro atoms. The maximum absolute atomic E-state index is 13.7. The van der Waals surface area contributed by atoms with Crippen LogP contribution >= 0.6 is 35.0 Å². The minimum Gasteiger partial charge on any atom is -0.349 e. The summed E-state index contributed by atoms with van der Waals surface area (Å²) < 4.78 is 15.2. The van der Waals surface area contributed by atoms with Crippen LogP contribution in [0.4, 0.5) is 9.18 Å². The van der Waals surface area contributed by atoms with Gasteiger partial charge in [-0.1, -0.05) is 41.4 Å². The van der Waals surface area contributed by atoms with Gasteiger partial charge in [0.25, 0.3) is 17.1 Å². The van der Waals surface area contributed by atoms with Crippen molar-refractivity contribution in [2.75, 3.05) is 13.1 Å². The number of hydrogen-bond donors (Lipinski definition) is 1. The molecule has 1 fully saturated rings. The molecule has 1 aliphatic rings. The van der Waals surface area contributed by atoms with E-state index in [1.165, 1.54) is 34.9 Å². The number of hydrogen-bond acceptors (Lipinski definition) is 4. The molecule has 1 aliphatic heterocycles. The minimum atomic E-state index is -0.530. The molecule has 0 aliphatic carbocycles. The van der Waals surface area contributed by atoms with Crippen LogP contribution < -0.4 is 5.32 Å². The van der Waals surface area contributed by atoms with Crippen LogP contribution in [-0.2, 0) is 11.8 Å². The average molecular weight is 442 g/mol. The monoisotopic (exact) mass is 441 g/mol. The quantitative estimate of drug-likeness (QED) is 0.713. The number of rotatable bonds is 5. The van der Waals surface area contributed by atoms with E-state index in [1.807, 2.05) is 0 Å². The van der Waals surface area contributed by atoms with Crippen molar-refractivity contribution in [2.24, 2.45) is 7.05 Å². The van der Waals surface area contributed by atoms with Crippen molar-refractivity contribution in [1.82, 2.24) is 14.8 Å². The summed E-state index contributed by atoms with van der Waals surface area (Å²) in [4.78, 5) is 37.9. The lowest BCUT2D eigenvalue weighted by Crippen LogP contribution is -2.37. The summed E-state index contributed by atoms with van der Waals surface area (Å²) in [6.45, 7) is 0.0289. The van der Waals surface area contributed by atoms with E-state index in [9.17, 15) is 18.8 Å². The molecule has 0 unspecified atom stereocenters. The molecule has 28 heavy (non-hydrogen) atoms. The van der Waals surface area contributed by atoms with Gasteiger partial charge in [0.1, 0.15) is 16.7 Å². The molecule has 3 rings (SSSR count). The van der Waals surface area contributed by atoms with E-state index < -0.39 is 22.9 Å². The standard InChI is InChI=1S/C18H14Cl2FN3O3S/c1-23-13(9-11(19)15(23)20)16(25)22-6-7-24-17(26)14(28-18(24)27)8-10-4-2-3-5-12(10)21/h2-5,8-9H,6-7H2,1H3,(H,22,25)/b14-8-. The van der Waals surface area contributed by atoms with Crippen LogP contribution in [-0.4, -0.2) is 39.6 Å². The van der Waals surface area contributed by atoms with Crippen LogP contribution in [0.2, 0.25) is 10.2 Å². The van der Waals surface area contributed by atoms with Gasteiger partial charge in [-0.2, -0.15) is 0 Å². The summed E-state index contributed by atoms with van der Waals surface area (Å²) in [7, 11) is 1.59. The van der Waals surface area contributed by atoms with E-state index in [1.54, 1.807) is 13.1 Å². The van der Waals surface area contributed by atoms with Gasteiger partial charge in [-0.15, -0.1) is 0 Å². The van der Waals surface area contributed by atoms with Gasteiger partial charge in [-0.3, -0.25) is 19.3 Å². The Morgan fingerprint density at radius 3 is 2.64 bits per heavy atom. The van der Waals surface area contributed by atoms with E-state index in [2.05, 4.69) is 5.32 Å². The number of nitrogens with zero attached hydrogens (tertiary/aromatic N) is 2. The minimum absolute atomic E-state index is 0.0170. The molecular weight excluding hydrogens is 428 g/mol. The molecule has 0 radical (unpaired) electrons. The molecule has 2 heterocycles. The van der Waals surface area contributed by atoms with Crippen LogP contribution in [0.25, 0.3) is 6.08 Å². The van der Waals surface area contributed by atoms with Crippen molar-refractivity contribution in [3.05, 3.63) is 62.5 Å². The van der Waals surface area contributed by atoms with Crippen LogP contribution in [0, 0.1) is 5.82 Å². The molecule has 6 nitrogen and oxygen atoms in total. The maximum Gasteiger partial charge on any atom is 0.293 e. The van der Waals surface area contributed by atoms with Gasteiger partial charge < -0.3 is 9.88 Å². The Bertz CT molecular complexity index is 1010. The van der Waals surface area contributed by atoms with Gasteiger partial charge in [-0.05, 0) is 30.0 Å². The Morgan fingerprint density at radius 1 is 1.29 bits per heavy atom. The highest BCUT2D eigenvalue weighted by Crippen LogP contribution is 2.32. The Hall–Kier alpha value is -2.29. The fourth-order valence-electron chi connectivity index (χ4n) is 2.56. The van der Waals surface area contributed by atoms with E-state index in [4.69, 9.17) is 23.2 Å². The largest absolute Gasteiger partial charge is 0.349 e. The number of aromatic nitrogens is 1. The van der Waals surface area contributed by atoms with E-state index in [-0.39, 0.29) is 39.4 Å². The van der Waals surface area contributed by atoms with Gasteiger partial charge in [0.05, 0.1) is 9.93 Å². The molecule has 0 bridgehead atoms. The number of benzene rings is 1. The summed E-state index contributed by atoms with van der Waals surface area (Å²) >= 11 is 12.5. The van der Waals surface area contributed by atoms with Gasteiger partial charge in [0.2, 0.25) is 0 Å². The van der Waals surface area contributed by atoms with Crippen molar-refractivity contribution >= 4 is 58.1 Å². The molecule has 1 aromatic heterocycles. The number of carbonyl (C=O) groups is 3. The highest BCUT2D eigenvalue weighted by atomic mass is 35.5. The summed E-state index contributed by atoms with van der Waals surface area (Å²) in [5.74, 6) is -1.45. The van der Waals surface area contributed by atoms with Gasteiger partial charge in [-0.25, -0.2) is 4.39 Å². The van der Waals surface area contributed by atoms with Gasteiger partial charge in [0.15, 0.2) is 0 Å². The molecule has 1 saturated heterocycles. The number of amides is 3. The van der Waals surface area contributed by atoms with Crippen molar-refractivity contribution in [3.8, 4) is 0 Å². The predicted octanol–water partition coefficient (Wildman–Crippen LogP) is 3.94. The van der Waals surface area contributed by atoms with Crippen molar-refractivity contribution < 1.29 is 18.8 Å². The predicted molar refractivity (Wildman–Crippen MR) is 107 cm³/mol. The SMILES string of the molecule is Cn1c(C(=O)NCCN2C(=O)S/C(=C\c3ccccc3F)C2=O)cc(Cl)c1Cl. The zero-order valence-corrected chi connectivity index (χ0v) is 16.9. The highest BCUT2D eigenvalue weighted by Gasteiger charge is 2.34. The van der Waals surface area contributed by atoms with Gasteiger partial charge in [0, 0.05) is 25.7 Å². The summed E-state index contributed by atoms with van der Waals surface area (Å²) in [6.07, 6.45) is 1.34. The third-order valence-electron chi connectivity index (χ3n) is 4.04. The summed E-state index contributed by atoms with van der Waals surface area (Å²) in [6, 6.07) is 7.38. The third kappa shape index (κ3) is 4.09. The van der Waals surface area contributed by atoms with E-state index >= 15 is 0 Å². The second-order valence-electron chi connectivity index (χ2n) is 5.84. The normalized spacial score (nSPS) is 15.6. The number of nitrogens with one attached hydrogen (secondary N) is 1. The zero-order valence-electron chi connectivity index (χ0n) is 14.5. The second-order valence-corrected chi connectivity index (χ2v) is 7.60. The average Bonchev–Trinajstić information content (AvgIpc) is 3.08. The molecule has 0 atom stereocenters. The lowest BCUT2D eigenvalue weighted by molar-refractivity contribution is -0.122. The Labute approximate surface area is 174 Å². The number of halogens is 3. The first-order chi connectivity index (χ1) is 13.3. The number of thioether (sulfide) groups is 1. The molecule has 146 valence electrons. The molecule has 3 amide bonds. The topological polar surface area (TPSA) is 71.4 Å². The second kappa shape index (κ2) is 8.38. The summed E-state index contributed by atoms with van der Waals surface area (Å²) in [5, 5.41) is 2.61. The Kier molecular flexibility index (Phi) is 6.12. The van der Waals surface area contributed by atoms with Gasteiger partial charge >= 0.3 is 0 Å². The molecule has 0 saturated carbocycles. The highest BCUT2D eigenvalue weighted by molar-refractivity contribution is 8.18. The van der Waals surface area contributed by atoms with Crippen molar-refractivity contribution in [2.45, 2.75) is 0 Å². The Balaban J connectivity index is 1.63. The maximum atomic E-state index is 13.7. The summed E-state index contributed by atoms with van der Waals surface area (Å²) in [5.41, 5.74) is 0.474. The van der Waals surface area contributed by atoms with E-state index in [0.29, 0.717) is 0 Å². The molecule has 10 heteroatoms.